The first-order valence-corrected chi connectivity index (χ1v) is 6.03. The smallest absolute Gasteiger partial charge is 0.260 e. The molecule has 0 saturated heterocycles. The lowest BCUT2D eigenvalue weighted by molar-refractivity contribution is -0.127. The number of carbonyl (C=O) groups is 1. The first-order chi connectivity index (χ1) is 7.66. The van der Waals surface area contributed by atoms with Crippen LogP contribution in [0.5, 0.6) is 5.75 Å². The van der Waals surface area contributed by atoms with Crippen molar-refractivity contribution in [2.24, 2.45) is 0 Å². The monoisotopic (exact) mass is 284 g/mol. The van der Waals surface area contributed by atoms with Gasteiger partial charge in [-0.1, -0.05) is 0 Å². The van der Waals surface area contributed by atoms with E-state index in [4.69, 9.17) is 4.74 Å². The van der Waals surface area contributed by atoms with Crippen LogP contribution in [0.3, 0.4) is 0 Å². The van der Waals surface area contributed by atoms with Gasteiger partial charge in [-0.3, -0.25) is 4.79 Å². The second kappa shape index (κ2) is 4.82. The second-order valence-corrected chi connectivity index (χ2v) is 4.59. The number of pyridine rings is 1. The maximum Gasteiger partial charge on any atom is 0.260 e. The molecule has 1 atom stereocenters. The number of nitrogens with one attached hydrogen (secondary N) is 1. The van der Waals surface area contributed by atoms with Crippen LogP contribution in [-0.2, 0) is 4.79 Å². The van der Waals surface area contributed by atoms with Gasteiger partial charge in [-0.25, -0.2) is 4.98 Å². The number of amides is 1. The Labute approximate surface area is 103 Å². The Morgan fingerprint density at radius 3 is 3.06 bits per heavy atom. The Hall–Kier alpha value is -1.10. The van der Waals surface area contributed by atoms with Crippen molar-refractivity contribution >= 4 is 21.8 Å². The second-order valence-electron chi connectivity index (χ2n) is 3.84. The van der Waals surface area contributed by atoms with Gasteiger partial charge < -0.3 is 10.1 Å². The normalized spacial score (nSPS) is 16.6. The van der Waals surface area contributed by atoms with Crippen LogP contribution >= 0.6 is 15.9 Å². The topological polar surface area (TPSA) is 51.2 Å². The molecule has 86 valence electrons. The third-order valence-electron chi connectivity index (χ3n) is 2.32. The highest BCUT2D eigenvalue weighted by Crippen LogP contribution is 2.23. The number of halogens is 1. The molecule has 1 aliphatic rings. The molecule has 16 heavy (non-hydrogen) atoms. The fourth-order valence-electron chi connectivity index (χ4n) is 1.25. The van der Waals surface area contributed by atoms with Crippen molar-refractivity contribution in [2.45, 2.75) is 31.9 Å². The predicted octanol–water partition coefficient (Wildman–Crippen LogP) is 1.89. The largest absolute Gasteiger partial charge is 0.478 e. The number of hydrogen-bond acceptors (Lipinski definition) is 3. The molecule has 1 aliphatic carbocycles. The predicted molar refractivity (Wildman–Crippen MR) is 63.2 cm³/mol. The average molecular weight is 285 g/mol. The van der Waals surface area contributed by atoms with E-state index in [1.54, 1.807) is 25.3 Å². The molecule has 2 rings (SSSR count). The third kappa shape index (κ3) is 2.95. The molecule has 1 N–H and O–H groups in total. The summed E-state index contributed by atoms with van der Waals surface area (Å²) in [6.07, 6.45) is 3.32. The fourth-order valence-corrected chi connectivity index (χ4v) is 1.59. The van der Waals surface area contributed by atoms with E-state index in [0.29, 0.717) is 16.4 Å². The summed E-state index contributed by atoms with van der Waals surface area (Å²) >= 11 is 3.27. The molecule has 1 unspecified atom stereocenters. The molecule has 1 aromatic heterocycles. The van der Waals surface area contributed by atoms with Crippen molar-refractivity contribution in [3.8, 4) is 5.75 Å². The Bertz CT molecular complexity index is 393. The first-order valence-electron chi connectivity index (χ1n) is 5.24. The fraction of sp³-hybridized carbons (Fsp3) is 0.455. The zero-order valence-corrected chi connectivity index (χ0v) is 10.5. The van der Waals surface area contributed by atoms with Crippen LogP contribution < -0.4 is 10.1 Å². The minimum atomic E-state index is -0.499. The minimum absolute atomic E-state index is 0.0711. The van der Waals surface area contributed by atoms with Gasteiger partial charge in [-0.2, -0.15) is 0 Å². The molecule has 1 fully saturated rings. The van der Waals surface area contributed by atoms with Crippen molar-refractivity contribution in [3.63, 3.8) is 0 Å². The highest BCUT2D eigenvalue weighted by molar-refractivity contribution is 9.10. The van der Waals surface area contributed by atoms with Gasteiger partial charge in [0.25, 0.3) is 5.91 Å². The lowest BCUT2D eigenvalue weighted by Crippen LogP contribution is -2.37. The Balaban J connectivity index is 1.92. The summed E-state index contributed by atoms with van der Waals surface area (Å²) in [6, 6.07) is 3.90. The standard InChI is InChI=1S/C11H13BrN2O2/c1-7(11(15)14-8-4-5-8)16-9-3-2-6-13-10(9)12/h2-3,6-8H,4-5H2,1H3,(H,14,15). The van der Waals surface area contributed by atoms with Gasteiger partial charge >= 0.3 is 0 Å². The molecule has 4 nitrogen and oxygen atoms in total. The van der Waals surface area contributed by atoms with Crippen LogP contribution in [0.2, 0.25) is 0 Å². The van der Waals surface area contributed by atoms with E-state index in [1.165, 1.54) is 0 Å². The highest BCUT2D eigenvalue weighted by atomic mass is 79.9. The summed E-state index contributed by atoms with van der Waals surface area (Å²) < 4.78 is 6.13. The molecule has 0 aliphatic heterocycles. The average Bonchev–Trinajstić information content (AvgIpc) is 3.05. The van der Waals surface area contributed by atoms with Crippen LogP contribution in [0, 0.1) is 0 Å². The number of hydrogen-bond donors (Lipinski definition) is 1. The van der Waals surface area contributed by atoms with Crippen LogP contribution in [0.4, 0.5) is 0 Å². The van der Waals surface area contributed by atoms with Gasteiger partial charge in [0.2, 0.25) is 0 Å². The number of ether oxygens (including phenoxy) is 1. The summed E-state index contributed by atoms with van der Waals surface area (Å²) in [7, 11) is 0. The van der Waals surface area contributed by atoms with E-state index < -0.39 is 6.10 Å². The number of carbonyl (C=O) groups excluding carboxylic acids is 1. The molecule has 0 radical (unpaired) electrons. The van der Waals surface area contributed by atoms with Crippen molar-refractivity contribution in [1.82, 2.24) is 10.3 Å². The summed E-state index contributed by atoms with van der Waals surface area (Å²) in [5.74, 6) is 0.513. The molecule has 1 saturated carbocycles. The Morgan fingerprint density at radius 2 is 2.44 bits per heavy atom. The lowest BCUT2D eigenvalue weighted by Gasteiger charge is -2.14. The first kappa shape index (κ1) is 11.4. The maximum atomic E-state index is 11.6. The van der Waals surface area contributed by atoms with E-state index in [9.17, 15) is 4.79 Å². The van der Waals surface area contributed by atoms with Gasteiger partial charge in [0.1, 0.15) is 4.60 Å². The van der Waals surface area contributed by atoms with E-state index in [0.717, 1.165) is 12.8 Å². The molecule has 1 heterocycles. The van der Waals surface area contributed by atoms with Crippen LogP contribution in [-0.4, -0.2) is 23.0 Å². The van der Waals surface area contributed by atoms with Gasteiger partial charge in [0.15, 0.2) is 11.9 Å². The zero-order chi connectivity index (χ0) is 11.5. The van der Waals surface area contributed by atoms with Gasteiger partial charge in [0, 0.05) is 12.2 Å². The highest BCUT2D eigenvalue weighted by Gasteiger charge is 2.26. The summed E-state index contributed by atoms with van der Waals surface area (Å²) in [5, 5.41) is 2.89. The maximum absolute atomic E-state index is 11.6. The van der Waals surface area contributed by atoms with Gasteiger partial charge in [0.05, 0.1) is 0 Å². The number of aromatic nitrogens is 1. The summed E-state index contributed by atoms with van der Waals surface area (Å²) in [6.45, 7) is 1.73. The Kier molecular flexibility index (Phi) is 3.43. The molecule has 1 aromatic rings. The third-order valence-corrected chi connectivity index (χ3v) is 2.92. The molecule has 0 spiro atoms. The molecule has 0 bridgehead atoms. The van der Waals surface area contributed by atoms with E-state index in [2.05, 4.69) is 26.2 Å². The van der Waals surface area contributed by atoms with Crippen molar-refractivity contribution in [1.29, 1.82) is 0 Å². The van der Waals surface area contributed by atoms with Crippen molar-refractivity contribution in [2.75, 3.05) is 0 Å². The van der Waals surface area contributed by atoms with Crippen molar-refractivity contribution < 1.29 is 9.53 Å². The molecular weight excluding hydrogens is 272 g/mol. The number of nitrogens with zero attached hydrogens (tertiary/aromatic N) is 1. The van der Waals surface area contributed by atoms with E-state index in [1.807, 2.05) is 0 Å². The summed E-state index contributed by atoms with van der Waals surface area (Å²) in [4.78, 5) is 15.7. The number of rotatable bonds is 4. The molecule has 1 amide bonds. The van der Waals surface area contributed by atoms with Crippen molar-refractivity contribution in [3.05, 3.63) is 22.9 Å². The quantitative estimate of drug-likeness (QED) is 0.859. The molecule has 0 aromatic carbocycles. The SMILES string of the molecule is CC(Oc1cccnc1Br)C(=O)NC1CC1. The van der Waals surface area contributed by atoms with Crippen LogP contribution in [0.25, 0.3) is 0 Å². The van der Waals surface area contributed by atoms with Gasteiger partial charge in [-0.15, -0.1) is 0 Å². The molecule has 5 heteroatoms. The van der Waals surface area contributed by atoms with Crippen LogP contribution in [0.1, 0.15) is 19.8 Å². The lowest BCUT2D eigenvalue weighted by atomic mass is 10.3. The minimum Gasteiger partial charge on any atom is -0.478 e. The Morgan fingerprint density at radius 1 is 1.69 bits per heavy atom. The van der Waals surface area contributed by atoms with Gasteiger partial charge in [-0.05, 0) is 47.8 Å². The molecular formula is C11H13BrN2O2. The van der Waals surface area contributed by atoms with E-state index in [-0.39, 0.29) is 5.91 Å². The van der Waals surface area contributed by atoms with Crippen LogP contribution in [0.15, 0.2) is 22.9 Å². The zero-order valence-electron chi connectivity index (χ0n) is 8.94. The van der Waals surface area contributed by atoms with E-state index >= 15 is 0 Å². The summed E-state index contributed by atoms with van der Waals surface area (Å²) in [5.41, 5.74) is 0.